The highest BCUT2D eigenvalue weighted by molar-refractivity contribution is 6.30. The molecule has 1 fully saturated rings. The van der Waals surface area contributed by atoms with Gasteiger partial charge < -0.3 is 43.8 Å². The average molecular weight is 712 g/mol. The molecule has 2 aromatic heterocycles. The highest BCUT2D eigenvalue weighted by Gasteiger charge is 2.29. The van der Waals surface area contributed by atoms with Crippen molar-refractivity contribution in [3.05, 3.63) is 88.3 Å². The number of fused-ring (bicyclic) bond motifs is 1. The molecule has 15 heteroatoms. The molecule has 3 heterocycles. The molecule has 0 radical (unpaired) electrons. The van der Waals surface area contributed by atoms with Crippen LogP contribution in [0, 0.1) is 6.92 Å². The van der Waals surface area contributed by atoms with Gasteiger partial charge in [0.2, 0.25) is 5.89 Å². The van der Waals surface area contributed by atoms with Crippen molar-refractivity contribution < 1.29 is 53.4 Å². The number of aromatic nitrogens is 2. The monoisotopic (exact) mass is 711 g/mol. The van der Waals surface area contributed by atoms with Crippen LogP contribution in [0.4, 0.5) is 0 Å². The van der Waals surface area contributed by atoms with E-state index in [1.165, 1.54) is 24.3 Å². The van der Waals surface area contributed by atoms with Gasteiger partial charge in [-0.2, -0.15) is 0 Å². The number of furan rings is 1. The molecule has 50 heavy (non-hydrogen) atoms. The SMILES string of the molecule is COc1cc(Cl)cc(OC)c1C1CCN(C[C@@H](COc2cccc3oc(-c4nnc(C)o4)cc23)OC(=O)c2ccc(C(=O)O)cc2)CC1.O.O. The summed E-state index contributed by atoms with van der Waals surface area (Å²) in [5.41, 5.74) is 1.87. The number of rotatable bonds is 12. The third-order valence-corrected chi connectivity index (χ3v) is 8.51. The quantitative estimate of drug-likeness (QED) is 0.170. The minimum Gasteiger partial charge on any atom is -0.496 e. The van der Waals surface area contributed by atoms with Crippen molar-refractivity contribution in [1.29, 1.82) is 0 Å². The zero-order valence-electron chi connectivity index (χ0n) is 27.6. The number of carboxylic acid groups (broad SMARTS) is 1. The molecule has 6 rings (SSSR count). The molecule has 0 spiro atoms. The van der Waals surface area contributed by atoms with Crippen molar-refractivity contribution in [3.8, 4) is 28.9 Å². The lowest BCUT2D eigenvalue weighted by atomic mass is 9.88. The zero-order chi connectivity index (χ0) is 33.8. The minimum atomic E-state index is -1.08. The number of carbonyl (C=O) groups excluding carboxylic acids is 1. The van der Waals surface area contributed by atoms with Gasteiger partial charge >= 0.3 is 11.9 Å². The predicted octanol–water partition coefficient (Wildman–Crippen LogP) is 4.99. The van der Waals surface area contributed by atoms with Crippen LogP contribution in [-0.4, -0.2) is 89.7 Å². The Balaban J connectivity index is 0.00000281. The molecule has 14 nitrogen and oxygen atoms in total. The molecule has 3 aromatic carbocycles. The van der Waals surface area contributed by atoms with Gasteiger partial charge in [-0.25, -0.2) is 9.59 Å². The van der Waals surface area contributed by atoms with Gasteiger partial charge in [-0.05, 0) is 80.4 Å². The highest BCUT2D eigenvalue weighted by Crippen LogP contribution is 2.42. The Kier molecular flexibility index (Phi) is 12.4. The number of benzene rings is 3. The molecular formula is C35H38ClN3O11. The van der Waals surface area contributed by atoms with Crippen molar-refractivity contribution in [3.63, 3.8) is 0 Å². The van der Waals surface area contributed by atoms with E-state index < -0.39 is 18.0 Å². The number of methoxy groups -OCH3 is 2. The summed E-state index contributed by atoms with van der Waals surface area (Å²) in [6.07, 6.45) is 0.977. The second-order valence-corrected chi connectivity index (χ2v) is 11.9. The smallest absolute Gasteiger partial charge is 0.338 e. The lowest BCUT2D eigenvalue weighted by molar-refractivity contribution is 0.00338. The number of aromatic carboxylic acids is 1. The molecule has 266 valence electrons. The van der Waals surface area contributed by atoms with Gasteiger partial charge in [0.15, 0.2) is 5.76 Å². The average Bonchev–Trinajstić information content (AvgIpc) is 3.73. The highest BCUT2D eigenvalue weighted by atomic mass is 35.5. The van der Waals surface area contributed by atoms with Gasteiger partial charge in [0.1, 0.15) is 35.5 Å². The van der Waals surface area contributed by atoms with Gasteiger partial charge in [0.25, 0.3) is 5.89 Å². The molecule has 0 amide bonds. The topological polar surface area (TPSA) is 210 Å². The molecule has 1 atom stereocenters. The van der Waals surface area contributed by atoms with E-state index in [2.05, 4.69) is 15.1 Å². The van der Waals surface area contributed by atoms with E-state index in [-0.39, 0.29) is 40.5 Å². The summed E-state index contributed by atoms with van der Waals surface area (Å²) in [5.74, 6) is 1.52. The summed E-state index contributed by atoms with van der Waals surface area (Å²) >= 11 is 6.28. The van der Waals surface area contributed by atoms with Crippen molar-refractivity contribution in [2.75, 3.05) is 40.5 Å². The maximum absolute atomic E-state index is 13.2. The summed E-state index contributed by atoms with van der Waals surface area (Å²) in [6, 6.07) is 16.4. The third-order valence-electron chi connectivity index (χ3n) is 8.29. The van der Waals surface area contributed by atoms with Crippen LogP contribution >= 0.6 is 11.6 Å². The number of esters is 1. The number of aryl methyl sites for hydroxylation is 1. The molecule has 0 bridgehead atoms. The fourth-order valence-corrected chi connectivity index (χ4v) is 6.14. The van der Waals surface area contributed by atoms with E-state index in [1.54, 1.807) is 45.4 Å². The Labute approximate surface area is 292 Å². The van der Waals surface area contributed by atoms with E-state index in [1.807, 2.05) is 12.1 Å². The molecular weight excluding hydrogens is 674 g/mol. The maximum atomic E-state index is 13.2. The van der Waals surface area contributed by atoms with Crippen molar-refractivity contribution in [1.82, 2.24) is 15.1 Å². The molecule has 1 aliphatic rings. The standard InChI is InChI=1S/C35H34ClN3O9.2H2O/c1-20-37-38-33(46-20)31-17-26-27(5-4-6-28(26)48-31)45-19-25(47-35(42)23-9-7-22(8-10-23)34(40)41)18-39-13-11-21(12-14-39)32-29(43-2)15-24(36)16-30(32)44-3;;/h4-10,15-17,21,25H,11-14,18-19H2,1-3H3,(H,40,41);2*1H2/t25-;;/m0../s1. The van der Waals surface area contributed by atoms with Crippen LogP contribution in [0.25, 0.3) is 22.6 Å². The number of hydrogen-bond acceptors (Lipinski definition) is 11. The molecule has 1 saturated heterocycles. The maximum Gasteiger partial charge on any atom is 0.338 e. The summed E-state index contributed by atoms with van der Waals surface area (Å²) in [6.45, 7) is 3.62. The number of hydrogen-bond donors (Lipinski definition) is 1. The molecule has 0 aliphatic carbocycles. The molecule has 0 unspecified atom stereocenters. The molecule has 1 aliphatic heterocycles. The Morgan fingerprint density at radius 2 is 1.60 bits per heavy atom. The second kappa shape index (κ2) is 16.5. The van der Waals surface area contributed by atoms with Crippen LogP contribution in [0.15, 0.2) is 69.5 Å². The number of carboxylic acids is 1. The van der Waals surface area contributed by atoms with Crippen molar-refractivity contribution in [2.24, 2.45) is 0 Å². The number of ether oxygens (including phenoxy) is 4. The van der Waals surface area contributed by atoms with Crippen LogP contribution in [0.3, 0.4) is 0 Å². The second-order valence-electron chi connectivity index (χ2n) is 11.4. The lowest BCUT2D eigenvalue weighted by Crippen LogP contribution is -2.42. The summed E-state index contributed by atoms with van der Waals surface area (Å²) in [5, 5.41) is 18.4. The van der Waals surface area contributed by atoms with Gasteiger partial charge in [-0.15, -0.1) is 10.2 Å². The first-order chi connectivity index (χ1) is 23.2. The van der Waals surface area contributed by atoms with Crippen LogP contribution in [0.1, 0.15) is 50.9 Å². The predicted molar refractivity (Wildman–Crippen MR) is 183 cm³/mol. The van der Waals surface area contributed by atoms with Crippen molar-refractivity contribution >= 4 is 34.5 Å². The first kappa shape index (κ1) is 37.7. The van der Waals surface area contributed by atoms with Gasteiger partial charge in [0.05, 0.1) is 30.7 Å². The van der Waals surface area contributed by atoms with E-state index in [9.17, 15) is 14.7 Å². The fraction of sp³-hybridized carbons (Fsp3) is 0.314. The van der Waals surface area contributed by atoms with Crippen LogP contribution in [-0.2, 0) is 4.74 Å². The van der Waals surface area contributed by atoms with Crippen molar-refractivity contribution in [2.45, 2.75) is 31.8 Å². The Bertz CT molecular complexity index is 1890. The van der Waals surface area contributed by atoms with Gasteiger partial charge in [-0.1, -0.05) is 17.7 Å². The van der Waals surface area contributed by atoms with Gasteiger partial charge in [0, 0.05) is 30.1 Å². The Morgan fingerprint density at radius 3 is 2.20 bits per heavy atom. The lowest BCUT2D eigenvalue weighted by Gasteiger charge is -2.35. The summed E-state index contributed by atoms with van der Waals surface area (Å²) in [4.78, 5) is 26.8. The Morgan fingerprint density at radius 1 is 0.940 bits per heavy atom. The first-order valence-corrected chi connectivity index (χ1v) is 15.7. The van der Waals surface area contributed by atoms with Crippen LogP contribution in [0.5, 0.6) is 17.2 Å². The van der Waals surface area contributed by atoms with E-state index >= 15 is 0 Å². The Hall–Kier alpha value is -5.15. The number of carbonyl (C=O) groups is 2. The number of halogens is 1. The third kappa shape index (κ3) is 8.34. The van der Waals surface area contributed by atoms with E-state index in [0.717, 1.165) is 31.5 Å². The van der Waals surface area contributed by atoms with Crippen LogP contribution < -0.4 is 14.2 Å². The zero-order valence-corrected chi connectivity index (χ0v) is 28.4. The van der Waals surface area contributed by atoms with E-state index in [0.29, 0.717) is 51.4 Å². The normalized spacial score (nSPS) is 13.9. The number of likely N-dealkylation sites (tertiary alicyclic amines) is 1. The summed E-state index contributed by atoms with van der Waals surface area (Å²) in [7, 11) is 3.24. The largest absolute Gasteiger partial charge is 0.496 e. The molecule has 5 N–H and O–H groups in total. The first-order valence-electron chi connectivity index (χ1n) is 15.4. The van der Waals surface area contributed by atoms with Crippen LogP contribution in [0.2, 0.25) is 5.02 Å². The van der Waals surface area contributed by atoms with E-state index in [4.69, 9.17) is 39.4 Å². The summed E-state index contributed by atoms with van der Waals surface area (Å²) < 4.78 is 35.0. The minimum absolute atomic E-state index is 0. The molecule has 5 aromatic rings. The fourth-order valence-electron chi connectivity index (χ4n) is 5.94. The molecule has 0 saturated carbocycles. The number of piperidine rings is 1. The number of nitrogens with zero attached hydrogens (tertiary/aromatic N) is 3. The van der Waals surface area contributed by atoms with Gasteiger partial charge in [-0.3, -0.25) is 4.90 Å².